The number of nitrogens with zero attached hydrogens (tertiary/aromatic N) is 2. The highest BCUT2D eigenvalue weighted by Gasteiger charge is 2.33. The first-order chi connectivity index (χ1) is 24.5. The van der Waals surface area contributed by atoms with Crippen LogP contribution in [0, 0.1) is 11.8 Å². The standard InChI is InChI=1S/C37H38N6O8/c1-22(40-42-36(48)24-13-5-9-17-30(24)44)26(34(46)38-28-15-7-11-19-32(28)50-3)21-27(35(47)39-29-16-8-12-20-33(29)51-4)23(2)41-43-37(49)25-14-6-10-18-31(25)45/h5-20,26-27,44-45H,21H2,1-4H3,(H,38,46)(H,39,47)(H,42,48)(H,43,49)/b40-22-,41-23-. The molecule has 0 fully saturated rings. The van der Waals surface area contributed by atoms with Crippen molar-refractivity contribution in [2.45, 2.75) is 20.3 Å². The Balaban J connectivity index is 1.72. The molecule has 0 aliphatic carbocycles. The van der Waals surface area contributed by atoms with Gasteiger partial charge in [0, 0.05) is 11.4 Å². The second-order valence-corrected chi connectivity index (χ2v) is 11.1. The number of hydrazone groups is 2. The number of ether oxygens (including phenoxy) is 2. The fourth-order valence-electron chi connectivity index (χ4n) is 4.99. The third kappa shape index (κ3) is 9.69. The molecule has 0 aliphatic heterocycles. The summed E-state index contributed by atoms with van der Waals surface area (Å²) >= 11 is 0. The van der Waals surface area contributed by atoms with Gasteiger partial charge in [-0.1, -0.05) is 48.5 Å². The van der Waals surface area contributed by atoms with Crippen molar-refractivity contribution in [2.75, 3.05) is 24.9 Å². The van der Waals surface area contributed by atoms with Gasteiger partial charge >= 0.3 is 0 Å². The lowest BCUT2D eigenvalue weighted by molar-refractivity contribution is -0.120. The second-order valence-electron chi connectivity index (χ2n) is 11.1. The van der Waals surface area contributed by atoms with Crippen molar-refractivity contribution in [3.05, 3.63) is 108 Å². The highest BCUT2D eigenvalue weighted by atomic mass is 16.5. The fraction of sp³-hybridized carbons (Fsp3) is 0.189. The SMILES string of the molecule is COc1ccccc1NC(=O)C(CC(C(=O)Nc1ccccc1OC)/C(C)=N\NC(=O)c1ccccc1O)/C(C)=N\NC(=O)c1ccccc1O. The molecule has 4 rings (SSSR count). The van der Waals surface area contributed by atoms with Crippen molar-refractivity contribution in [3.8, 4) is 23.0 Å². The minimum atomic E-state index is -1.17. The van der Waals surface area contributed by atoms with Gasteiger partial charge in [-0.2, -0.15) is 10.2 Å². The van der Waals surface area contributed by atoms with Crippen LogP contribution >= 0.6 is 0 Å². The molecule has 2 atom stereocenters. The lowest BCUT2D eigenvalue weighted by atomic mass is 9.87. The van der Waals surface area contributed by atoms with E-state index < -0.39 is 35.5 Å². The van der Waals surface area contributed by atoms with Gasteiger partial charge in [0.2, 0.25) is 11.8 Å². The van der Waals surface area contributed by atoms with Crippen LogP contribution in [-0.4, -0.2) is 59.5 Å². The zero-order valence-electron chi connectivity index (χ0n) is 28.3. The quantitative estimate of drug-likeness (QED) is 0.0788. The van der Waals surface area contributed by atoms with Crippen LogP contribution in [-0.2, 0) is 9.59 Å². The molecule has 4 aromatic rings. The number of phenolic OH excluding ortho intramolecular Hbond substituents is 2. The lowest BCUT2D eigenvalue weighted by Gasteiger charge is -2.24. The molecule has 0 saturated heterocycles. The van der Waals surface area contributed by atoms with Crippen LogP contribution in [0.1, 0.15) is 41.0 Å². The van der Waals surface area contributed by atoms with Gasteiger partial charge in [0.05, 0.1) is 48.6 Å². The van der Waals surface area contributed by atoms with Gasteiger partial charge in [0.1, 0.15) is 23.0 Å². The van der Waals surface area contributed by atoms with E-state index in [0.29, 0.717) is 22.9 Å². The molecule has 0 aromatic heterocycles. The van der Waals surface area contributed by atoms with Crippen molar-refractivity contribution >= 4 is 46.4 Å². The number of hydrogen-bond donors (Lipinski definition) is 6. The largest absolute Gasteiger partial charge is 0.507 e. The summed E-state index contributed by atoms with van der Waals surface area (Å²) in [4.78, 5) is 53.8. The number of anilines is 2. The fourth-order valence-corrected chi connectivity index (χ4v) is 4.99. The number of methoxy groups -OCH3 is 2. The molecular weight excluding hydrogens is 656 g/mol. The number of benzene rings is 4. The summed E-state index contributed by atoms with van der Waals surface area (Å²) in [5, 5.41) is 34.3. The first-order valence-corrected chi connectivity index (χ1v) is 15.7. The van der Waals surface area contributed by atoms with Crippen LogP contribution in [0.25, 0.3) is 0 Å². The van der Waals surface area contributed by atoms with Crippen molar-refractivity contribution in [1.82, 2.24) is 10.9 Å². The number of nitrogens with one attached hydrogen (secondary N) is 4. The number of phenols is 2. The predicted octanol–water partition coefficient (Wildman–Crippen LogP) is 4.93. The van der Waals surface area contributed by atoms with Gasteiger partial charge in [0.25, 0.3) is 11.8 Å². The van der Waals surface area contributed by atoms with Crippen LogP contribution in [0.4, 0.5) is 11.4 Å². The Hall–Kier alpha value is -6.70. The molecule has 4 amide bonds. The van der Waals surface area contributed by atoms with E-state index >= 15 is 0 Å². The number of aromatic hydroxyl groups is 2. The Morgan fingerprint density at radius 2 is 0.941 bits per heavy atom. The molecule has 0 saturated carbocycles. The van der Waals surface area contributed by atoms with E-state index in [-0.39, 0.29) is 40.5 Å². The molecule has 4 aromatic carbocycles. The minimum Gasteiger partial charge on any atom is -0.507 e. The van der Waals surface area contributed by atoms with Crippen LogP contribution in [0.2, 0.25) is 0 Å². The third-order valence-corrected chi connectivity index (χ3v) is 7.81. The zero-order valence-corrected chi connectivity index (χ0v) is 28.3. The number of para-hydroxylation sites is 6. The predicted molar refractivity (Wildman–Crippen MR) is 192 cm³/mol. The van der Waals surface area contributed by atoms with Crippen LogP contribution < -0.4 is 31.0 Å². The third-order valence-electron chi connectivity index (χ3n) is 7.81. The maximum absolute atomic E-state index is 14.0. The molecular formula is C37H38N6O8. The first-order valence-electron chi connectivity index (χ1n) is 15.7. The number of carbonyl (C=O) groups is 4. The van der Waals surface area contributed by atoms with E-state index in [1.54, 1.807) is 72.8 Å². The highest BCUT2D eigenvalue weighted by molar-refractivity contribution is 6.13. The van der Waals surface area contributed by atoms with Gasteiger partial charge in [-0.3, -0.25) is 19.2 Å². The van der Waals surface area contributed by atoms with Gasteiger partial charge in [-0.15, -0.1) is 0 Å². The Labute approximate surface area is 294 Å². The number of amides is 4. The molecule has 14 heteroatoms. The zero-order chi connectivity index (χ0) is 36.9. The van der Waals surface area contributed by atoms with Crippen LogP contribution in [0.3, 0.4) is 0 Å². The van der Waals surface area contributed by atoms with E-state index in [1.165, 1.54) is 52.3 Å². The first kappa shape index (κ1) is 37.1. The monoisotopic (exact) mass is 694 g/mol. The van der Waals surface area contributed by atoms with Gasteiger partial charge < -0.3 is 30.3 Å². The lowest BCUT2D eigenvalue weighted by Crippen LogP contribution is -2.38. The highest BCUT2D eigenvalue weighted by Crippen LogP contribution is 2.28. The molecule has 0 bridgehead atoms. The van der Waals surface area contributed by atoms with E-state index in [9.17, 15) is 29.4 Å². The normalized spacial score (nSPS) is 12.5. The van der Waals surface area contributed by atoms with E-state index in [1.807, 2.05) is 0 Å². The molecule has 0 aliphatic rings. The summed E-state index contributed by atoms with van der Waals surface area (Å²) in [6.45, 7) is 3.00. The Kier molecular flexibility index (Phi) is 12.8. The summed E-state index contributed by atoms with van der Waals surface area (Å²) in [7, 11) is 2.90. The molecule has 14 nitrogen and oxygen atoms in total. The maximum atomic E-state index is 14.0. The summed E-state index contributed by atoms with van der Waals surface area (Å²) in [5.74, 6) is -4.78. The summed E-state index contributed by atoms with van der Waals surface area (Å²) in [5.41, 5.74) is 5.55. The van der Waals surface area contributed by atoms with Crippen molar-refractivity contribution in [1.29, 1.82) is 0 Å². The molecule has 6 N–H and O–H groups in total. The van der Waals surface area contributed by atoms with Crippen molar-refractivity contribution in [3.63, 3.8) is 0 Å². The minimum absolute atomic E-state index is 0.0405. The van der Waals surface area contributed by atoms with Crippen LogP contribution in [0.15, 0.2) is 107 Å². The van der Waals surface area contributed by atoms with Gasteiger partial charge in [-0.05, 0) is 68.8 Å². The Morgan fingerprint density at radius 1 is 0.588 bits per heavy atom. The van der Waals surface area contributed by atoms with Gasteiger partial charge in [0.15, 0.2) is 0 Å². The molecule has 0 spiro atoms. The van der Waals surface area contributed by atoms with E-state index in [4.69, 9.17) is 9.47 Å². The number of rotatable bonds is 14. The van der Waals surface area contributed by atoms with Crippen molar-refractivity contribution in [2.24, 2.45) is 22.0 Å². The second kappa shape index (κ2) is 17.6. The van der Waals surface area contributed by atoms with E-state index in [0.717, 1.165) is 0 Å². The molecule has 0 heterocycles. The summed E-state index contributed by atoms with van der Waals surface area (Å²) in [6.07, 6.45) is -0.244. The molecule has 2 unspecified atom stereocenters. The number of hydrogen-bond acceptors (Lipinski definition) is 10. The Morgan fingerprint density at radius 3 is 1.31 bits per heavy atom. The average Bonchev–Trinajstić information content (AvgIpc) is 3.13. The smallest absolute Gasteiger partial charge is 0.275 e. The average molecular weight is 695 g/mol. The molecule has 0 radical (unpaired) electrons. The maximum Gasteiger partial charge on any atom is 0.275 e. The summed E-state index contributed by atoms with van der Waals surface area (Å²) in [6, 6.07) is 25.2. The van der Waals surface area contributed by atoms with E-state index in [2.05, 4.69) is 31.7 Å². The van der Waals surface area contributed by atoms with Gasteiger partial charge in [-0.25, -0.2) is 10.9 Å². The van der Waals surface area contributed by atoms with Crippen LogP contribution in [0.5, 0.6) is 23.0 Å². The Bertz CT molecular complexity index is 1820. The molecule has 51 heavy (non-hydrogen) atoms. The number of carbonyl (C=O) groups excluding carboxylic acids is 4. The van der Waals surface area contributed by atoms with Crippen molar-refractivity contribution < 1.29 is 38.9 Å². The summed E-state index contributed by atoms with van der Waals surface area (Å²) < 4.78 is 10.8. The molecule has 264 valence electrons. The topological polar surface area (TPSA) is 200 Å².